The highest BCUT2D eigenvalue weighted by Gasteiger charge is 2.17. The molecule has 0 saturated carbocycles. The molecule has 98 valence electrons. The molecule has 3 aromatic rings. The first-order chi connectivity index (χ1) is 8.99. The smallest absolute Gasteiger partial charge is 0.190 e. The van der Waals surface area contributed by atoms with E-state index in [-0.39, 0.29) is 0 Å². The number of hydrogen-bond donors (Lipinski definition) is 0. The molecule has 19 heavy (non-hydrogen) atoms. The first kappa shape index (κ1) is 13.5. The van der Waals surface area contributed by atoms with Gasteiger partial charge in [0, 0.05) is 10.0 Å². The van der Waals surface area contributed by atoms with Gasteiger partial charge in [-0.1, -0.05) is 11.6 Å². The summed E-state index contributed by atoms with van der Waals surface area (Å²) in [5.41, 5.74) is 2.66. The van der Waals surface area contributed by atoms with E-state index in [2.05, 4.69) is 47.2 Å². The summed E-state index contributed by atoms with van der Waals surface area (Å²) in [5, 5.41) is 13.2. The van der Waals surface area contributed by atoms with Crippen LogP contribution in [0.5, 0.6) is 0 Å². The number of aryl methyl sites for hydroxylation is 1. The van der Waals surface area contributed by atoms with E-state index in [1.165, 1.54) is 0 Å². The Balaban J connectivity index is 2.31. The Morgan fingerprint density at radius 1 is 1.21 bits per heavy atom. The fraction of sp³-hybridized carbons (Fsp3) is 0.182. The zero-order valence-corrected chi connectivity index (χ0v) is 14.7. The fourth-order valence-corrected chi connectivity index (χ4v) is 3.93. The first-order valence-electron chi connectivity index (χ1n) is 5.32. The molecule has 0 spiro atoms. The molecule has 0 saturated heterocycles. The van der Waals surface area contributed by atoms with E-state index >= 15 is 0 Å². The number of thiophene rings is 1. The standard InChI is InChI=1S/C11H7Br2ClN4S/c1-4-5(2)10-15-16-11(18(10)17-9(4)14)7-3-6(12)8(13)19-7/h3H,1-2H3. The van der Waals surface area contributed by atoms with Crippen LogP contribution in [0, 0.1) is 13.8 Å². The molecule has 0 atom stereocenters. The quantitative estimate of drug-likeness (QED) is 0.573. The topological polar surface area (TPSA) is 43.1 Å². The third kappa shape index (κ3) is 2.12. The van der Waals surface area contributed by atoms with Gasteiger partial charge in [0.25, 0.3) is 0 Å². The van der Waals surface area contributed by atoms with Crippen LogP contribution in [0.4, 0.5) is 0 Å². The maximum atomic E-state index is 6.14. The summed E-state index contributed by atoms with van der Waals surface area (Å²) in [6.45, 7) is 3.90. The minimum absolute atomic E-state index is 0.473. The molecule has 3 rings (SSSR count). The molecular formula is C11H7Br2ClN4S. The van der Waals surface area contributed by atoms with Gasteiger partial charge in [0.1, 0.15) is 0 Å². The molecule has 0 fully saturated rings. The van der Waals surface area contributed by atoms with Crippen molar-refractivity contribution in [1.82, 2.24) is 19.8 Å². The highest BCUT2D eigenvalue weighted by atomic mass is 79.9. The number of fused-ring (bicyclic) bond motifs is 1. The third-order valence-corrected chi connectivity index (χ3v) is 6.51. The van der Waals surface area contributed by atoms with Gasteiger partial charge in [-0.05, 0) is 57.3 Å². The SMILES string of the molecule is Cc1c(Cl)nn2c(-c3cc(Br)c(Br)s3)nnc2c1C. The second-order valence-electron chi connectivity index (χ2n) is 4.03. The summed E-state index contributed by atoms with van der Waals surface area (Å²) >= 11 is 14.6. The second kappa shape index (κ2) is 4.80. The maximum absolute atomic E-state index is 6.14. The molecule has 3 aromatic heterocycles. The van der Waals surface area contributed by atoms with Gasteiger partial charge in [-0.25, -0.2) is 0 Å². The zero-order valence-electron chi connectivity index (χ0n) is 9.91. The molecule has 0 aliphatic rings. The number of rotatable bonds is 1. The number of halogens is 3. The average Bonchev–Trinajstić information content (AvgIpc) is 2.91. The Bertz CT molecular complexity index is 776. The lowest BCUT2D eigenvalue weighted by Gasteiger charge is -2.04. The van der Waals surface area contributed by atoms with Crippen LogP contribution >= 0.6 is 54.8 Å². The Morgan fingerprint density at radius 3 is 2.58 bits per heavy atom. The Morgan fingerprint density at radius 2 is 1.95 bits per heavy atom. The van der Waals surface area contributed by atoms with Gasteiger partial charge in [0.2, 0.25) is 0 Å². The molecule has 8 heteroatoms. The van der Waals surface area contributed by atoms with Gasteiger partial charge in [0.15, 0.2) is 16.6 Å². The normalized spacial score (nSPS) is 11.4. The Labute approximate surface area is 135 Å². The van der Waals surface area contributed by atoms with Crippen LogP contribution in [-0.2, 0) is 0 Å². The zero-order chi connectivity index (χ0) is 13.7. The number of aromatic nitrogens is 4. The molecule has 0 N–H and O–H groups in total. The fourth-order valence-electron chi connectivity index (χ4n) is 1.70. The van der Waals surface area contributed by atoms with E-state index in [1.54, 1.807) is 15.9 Å². The molecule has 0 radical (unpaired) electrons. The number of hydrogen-bond acceptors (Lipinski definition) is 4. The lowest BCUT2D eigenvalue weighted by Crippen LogP contribution is -1.99. The van der Waals surface area contributed by atoms with Crippen molar-refractivity contribution in [3.05, 3.63) is 30.6 Å². The van der Waals surface area contributed by atoms with E-state index in [0.717, 1.165) is 29.9 Å². The van der Waals surface area contributed by atoms with Crippen molar-refractivity contribution in [3.63, 3.8) is 0 Å². The van der Waals surface area contributed by atoms with Crippen molar-refractivity contribution < 1.29 is 0 Å². The Kier molecular flexibility index (Phi) is 3.41. The van der Waals surface area contributed by atoms with E-state index in [1.807, 2.05) is 19.9 Å². The van der Waals surface area contributed by atoms with Crippen LogP contribution in [0.15, 0.2) is 14.3 Å². The van der Waals surface area contributed by atoms with Gasteiger partial charge in [0.05, 0.1) is 8.66 Å². The average molecular weight is 423 g/mol. The van der Waals surface area contributed by atoms with Crippen molar-refractivity contribution in [2.24, 2.45) is 0 Å². The van der Waals surface area contributed by atoms with E-state index < -0.39 is 0 Å². The predicted octanol–water partition coefficient (Wildman–Crippen LogP) is 4.65. The minimum atomic E-state index is 0.473. The van der Waals surface area contributed by atoms with Crippen LogP contribution in [0.2, 0.25) is 5.15 Å². The molecule has 3 heterocycles. The highest BCUT2D eigenvalue weighted by Crippen LogP contribution is 2.37. The maximum Gasteiger partial charge on any atom is 0.195 e. The molecule has 0 aliphatic carbocycles. The van der Waals surface area contributed by atoms with E-state index in [4.69, 9.17) is 11.6 Å². The number of nitrogens with zero attached hydrogens (tertiary/aromatic N) is 4. The second-order valence-corrected chi connectivity index (χ2v) is 7.61. The molecule has 0 unspecified atom stereocenters. The van der Waals surface area contributed by atoms with Crippen LogP contribution in [-0.4, -0.2) is 19.8 Å². The van der Waals surface area contributed by atoms with Gasteiger partial charge < -0.3 is 0 Å². The van der Waals surface area contributed by atoms with Gasteiger partial charge in [-0.15, -0.1) is 21.5 Å². The minimum Gasteiger partial charge on any atom is -0.190 e. The van der Waals surface area contributed by atoms with Crippen LogP contribution in [0.3, 0.4) is 0 Å². The van der Waals surface area contributed by atoms with Crippen LogP contribution in [0.1, 0.15) is 11.1 Å². The Hall–Kier alpha value is -0.500. The molecule has 0 amide bonds. The molecule has 0 aliphatic heterocycles. The van der Waals surface area contributed by atoms with Gasteiger partial charge in [-0.2, -0.15) is 9.61 Å². The van der Waals surface area contributed by atoms with Crippen LogP contribution < -0.4 is 0 Å². The van der Waals surface area contributed by atoms with Gasteiger partial charge in [-0.3, -0.25) is 0 Å². The third-order valence-electron chi connectivity index (χ3n) is 2.90. The predicted molar refractivity (Wildman–Crippen MR) is 84.0 cm³/mol. The summed E-state index contributed by atoms with van der Waals surface area (Å²) in [6.07, 6.45) is 0. The summed E-state index contributed by atoms with van der Waals surface area (Å²) in [5.74, 6) is 0.691. The molecular weight excluding hydrogens is 415 g/mol. The summed E-state index contributed by atoms with van der Waals surface area (Å²) in [6, 6.07) is 1.98. The monoisotopic (exact) mass is 420 g/mol. The first-order valence-corrected chi connectivity index (χ1v) is 8.10. The van der Waals surface area contributed by atoms with Gasteiger partial charge >= 0.3 is 0 Å². The van der Waals surface area contributed by atoms with Crippen molar-refractivity contribution >= 4 is 60.4 Å². The molecule has 4 nitrogen and oxygen atoms in total. The molecule has 0 aromatic carbocycles. The van der Waals surface area contributed by atoms with Crippen molar-refractivity contribution in [2.75, 3.05) is 0 Å². The van der Waals surface area contributed by atoms with Crippen molar-refractivity contribution in [3.8, 4) is 10.7 Å². The largest absolute Gasteiger partial charge is 0.195 e. The summed E-state index contributed by atoms with van der Waals surface area (Å²) < 4.78 is 3.68. The van der Waals surface area contributed by atoms with E-state index in [9.17, 15) is 0 Å². The van der Waals surface area contributed by atoms with Crippen LogP contribution in [0.25, 0.3) is 16.3 Å². The highest BCUT2D eigenvalue weighted by molar-refractivity contribution is 9.13. The molecule has 0 bridgehead atoms. The van der Waals surface area contributed by atoms with Crippen molar-refractivity contribution in [2.45, 2.75) is 13.8 Å². The lowest BCUT2D eigenvalue weighted by molar-refractivity contribution is 0.921. The lowest BCUT2D eigenvalue weighted by atomic mass is 10.2. The van der Waals surface area contributed by atoms with Crippen molar-refractivity contribution in [1.29, 1.82) is 0 Å². The van der Waals surface area contributed by atoms with E-state index in [0.29, 0.717) is 11.0 Å². The summed E-state index contributed by atoms with van der Waals surface area (Å²) in [4.78, 5) is 0.970. The summed E-state index contributed by atoms with van der Waals surface area (Å²) in [7, 11) is 0.